The number of rotatable bonds is 7. The Bertz CT molecular complexity index is 3700. The van der Waals surface area contributed by atoms with Gasteiger partial charge >= 0.3 is 0 Å². The molecule has 0 radical (unpaired) electrons. The second-order valence-corrected chi connectivity index (χ2v) is 16.7. The van der Waals surface area contributed by atoms with E-state index < -0.39 is 0 Å². The summed E-state index contributed by atoms with van der Waals surface area (Å²) >= 11 is 0. The highest BCUT2D eigenvalue weighted by Gasteiger charge is 2.27. The summed E-state index contributed by atoms with van der Waals surface area (Å²) in [5.74, 6) is 1.91. The lowest BCUT2D eigenvalue weighted by Gasteiger charge is -2.18. The first-order valence-corrected chi connectivity index (χ1v) is 22.0. The number of fused-ring (bicyclic) bond motifs is 4. The molecule has 300 valence electrons. The summed E-state index contributed by atoms with van der Waals surface area (Å²) in [6, 6.07) is 75.8. The Morgan fingerprint density at radius 3 is 1.53 bits per heavy atom. The molecule has 0 aliphatic heterocycles. The maximum Gasteiger partial charge on any atom is 0.164 e. The molecule has 0 spiro atoms. The van der Waals surface area contributed by atoms with Crippen LogP contribution in [0, 0.1) is 0 Å². The minimum Gasteiger partial charge on any atom is -0.309 e. The molecule has 0 saturated carbocycles. The summed E-state index contributed by atoms with van der Waals surface area (Å²) in [6.07, 6.45) is 1.91. The number of benzene rings is 9. The predicted molar refractivity (Wildman–Crippen MR) is 263 cm³/mol. The minimum atomic E-state index is 0.627. The van der Waals surface area contributed by atoms with Crippen LogP contribution in [0.1, 0.15) is 11.1 Å². The van der Waals surface area contributed by atoms with Gasteiger partial charge in [0.1, 0.15) is 0 Å². The van der Waals surface area contributed by atoms with Gasteiger partial charge in [0.25, 0.3) is 0 Å². The van der Waals surface area contributed by atoms with Gasteiger partial charge in [0.05, 0.1) is 22.1 Å². The van der Waals surface area contributed by atoms with Gasteiger partial charge in [0, 0.05) is 49.6 Å². The number of hydrogen-bond donors (Lipinski definition) is 0. The zero-order chi connectivity index (χ0) is 42.1. The van der Waals surface area contributed by atoms with Crippen LogP contribution >= 0.6 is 0 Å². The van der Waals surface area contributed by atoms with Crippen molar-refractivity contribution < 1.29 is 0 Å². The first-order valence-electron chi connectivity index (χ1n) is 22.0. The highest BCUT2D eigenvalue weighted by Crippen LogP contribution is 2.47. The molecule has 0 unspecified atom stereocenters. The fraction of sp³-hybridized carbons (Fsp3) is 0.0339. The first kappa shape index (κ1) is 36.3. The summed E-state index contributed by atoms with van der Waals surface area (Å²) in [5, 5.41) is 5.17. The van der Waals surface area contributed by atoms with Gasteiger partial charge in [-0.2, -0.15) is 0 Å². The van der Waals surface area contributed by atoms with E-state index in [1.165, 1.54) is 60.3 Å². The van der Waals surface area contributed by atoms with Crippen LogP contribution in [0.15, 0.2) is 212 Å². The molecule has 0 amide bonds. The topological polar surface area (TPSA) is 48.5 Å². The molecule has 0 atom stereocenters. The number of hydrogen-bond acceptors (Lipinski definition) is 3. The SMILES string of the molecule is c1ccc(-c2cccc(-n3c4cccc5c4c4c(c6c(cc43)c3ccccc3n6-c3cc(-c4ccccc4)cc(-c4nc(-c6ccccc6)nc(-c6ccccc6)n4)c3)CC5)c2)cc1. The van der Waals surface area contributed by atoms with Crippen molar-refractivity contribution in [1.29, 1.82) is 0 Å². The maximum atomic E-state index is 5.22. The average molecular weight is 818 g/mol. The van der Waals surface area contributed by atoms with E-state index in [-0.39, 0.29) is 0 Å². The van der Waals surface area contributed by atoms with Gasteiger partial charge in [-0.3, -0.25) is 0 Å². The molecule has 5 heteroatoms. The number of aromatic nitrogens is 5. The van der Waals surface area contributed by atoms with Crippen molar-refractivity contribution in [1.82, 2.24) is 24.1 Å². The molecule has 1 aliphatic rings. The van der Waals surface area contributed by atoms with Crippen LogP contribution in [0.25, 0.3) is 111 Å². The average Bonchev–Trinajstić information content (AvgIpc) is 3.90. The zero-order valence-electron chi connectivity index (χ0n) is 34.9. The minimum absolute atomic E-state index is 0.627. The normalized spacial score (nSPS) is 12.2. The molecule has 3 aromatic heterocycles. The largest absolute Gasteiger partial charge is 0.309 e. The first-order chi connectivity index (χ1) is 31.7. The molecule has 0 saturated heterocycles. The van der Waals surface area contributed by atoms with Crippen LogP contribution in [0.3, 0.4) is 0 Å². The van der Waals surface area contributed by atoms with Gasteiger partial charge in [-0.15, -0.1) is 0 Å². The van der Waals surface area contributed by atoms with Crippen molar-refractivity contribution in [3.8, 4) is 67.8 Å². The van der Waals surface area contributed by atoms with Crippen LogP contribution < -0.4 is 0 Å². The summed E-state index contributed by atoms with van der Waals surface area (Å²) in [4.78, 5) is 15.5. The summed E-state index contributed by atoms with van der Waals surface area (Å²) in [7, 11) is 0. The van der Waals surface area contributed by atoms with Crippen LogP contribution in [-0.2, 0) is 12.8 Å². The van der Waals surface area contributed by atoms with Gasteiger partial charge < -0.3 is 9.13 Å². The molecule has 0 N–H and O–H groups in total. The van der Waals surface area contributed by atoms with Crippen molar-refractivity contribution >= 4 is 43.6 Å². The van der Waals surface area contributed by atoms with Crippen LogP contribution in [0.2, 0.25) is 0 Å². The predicted octanol–water partition coefficient (Wildman–Crippen LogP) is 14.5. The molecule has 5 nitrogen and oxygen atoms in total. The van der Waals surface area contributed by atoms with E-state index in [4.69, 9.17) is 15.0 Å². The Morgan fingerprint density at radius 1 is 0.312 bits per heavy atom. The number of para-hydroxylation sites is 1. The van der Waals surface area contributed by atoms with Gasteiger partial charge in [0.15, 0.2) is 17.5 Å². The van der Waals surface area contributed by atoms with E-state index in [1.54, 1.807) is 0 Å². The highest BCUT2D eigenvalue weighted by molar-refractivity contribution is 6.22. The fourth-order valence-corrected chi connectivity index (χ4v) is 10.2. The van der Waals surface area contributed by atoms with Crippen molar-refractivity contribution in [2.75, 3.05) is 0 Å². The van der Waals surface area contributed by atoms with Crippen LogP contribution in [-0.4, -0.2) is 24.1 Å². The van der Waals surface area contributed by atoms with Crippen molar-refractivity contribution in [2.24, 2.45) is 0 Å². The molecule has 0 bridgehead atoms. The second kappa shape index (κ2) is 14.6. The second-order valence-electron chi connectivity index (χ2n) is 16.7. The monoisotopic (exact) mass is 817 g/mol. The maximum absolute atomic E-state index is 5.22. The van der Waals surface area contributed by atoms with Gasteiger partial charge in [-0.25, -0.2) is 15.0 Å². The lowest BCUT2D eigenvalue weighted by molar-refractivity contribution is 0.969. The molecular weight excluding hydrogens is 779 g/mol. The smallest absolute Gasteiger partial charge is 0.164 e. The number of nitrogens with zero attached hydrogens (tertiary/aromatic N) is 5. The molecule has 0 fully saturated rings. The molecule has 12 aromatic rings. The Balaban J connectivity index is 1.10. The third kappa shape index (κ3) is 5.82. The van der Waals surface area contributed by atoms with Crippen LogP contribution in [0.4, 0.5) is 0 Å². The van der Waals surface area contributed by atoms with Crippen molar-refractivity contribution in [2.45, 2.75) is 12.8 Å². The van der Waals surface area contributed by atoms with E-state index in [0.29, 0.717) is 17.5 Å². The molecule has 1 aliphatic carbocycles. The van der Waals surface area contributed by atoms with E-state index in [0.717, 1.165) is 57.6 Å². The standard InChI is InChI=1S/C59H39N5/c1-5-17-38(18-6-1)43-26-15-27-46(34-43)63-52-30-16-25-40-31-32-49-55(54(40)52)53(63)37-50-48-28-13-14-29-51(48)64(56(49)50)47-35-44(39-19-7-2-8-20-39)33-45(36-47)59-61-57(41-21-9-3-10-22-41)60-58(62-59)42-23-11-4-12-24-42/h1-30,33-37H,31-32H2. The molecule has 9 aromatic carbocycles. The van der Waals surface area contributed by atoms with E-state index >= 15 is 0 Å². The van der Waals surface area contributed by atoms with Crippen molar-refractivity contribution in [3.05, 3.63) is 223 Å². The summed E-state index contributed by atoms with van der Waals surface area (Å²) in [6.45, 7) is 0. The molecule has 64 heavy (non-hydrogen) atoms. The number of aryl methyl sites for hydroxylation is 2. The summed E-state index contributed by atoms with van der Waals surface area (Å²) in [5.41, 5.74) is 17.4. The third-order valence-corrected chi connectivity index (χ3v) is 13.0. The Kier molecular flexibility index (Phi) is 8.28. The van der Waals surface area contributed by atoms with Gasteiger partial charge in [0.2, 0.25) is 0 Å². The lowest BCUT2D eigenvalue weighted by Crippen LogP contribution is -2.04. The molecular formula is C59H39N5. The van der Waals surface area contributed by atoms with Crippen LogP contribution in [0.5, 0.6) is 0 Å². The van der Waals surface area contributed by atoms with Gasteiger partial charge in [-0.1, -0.05) is 164 Å². The molecule has 13 rings (SSSR count). The van der Waals surface area contributed by atoms with E-state index in [9.17, 15) is 0 Å². The Labute approximate surface area is 370 Å². The lowest BCUT2D eigenvalue weighted by atomic mass is 9.89. The zero-order valence-corrected chi connectivity index (χ0v) is 34.9. The fourth-order valence-electron chi connectivity index (χ4n) is 10.2. The highest BCUT2D eigenvalue weighted by atomic mass is 15.0. The quantitative estimate of drug-likeness (QED) is 0.161. The Hall–Kier alpha value is -8.41. The summed E-state index contributed by atoms with van der Waals surface area (Å²) < 4.78 is 5.02. The van der Waals surface area contributed by atoms with E-state index in [1.807, 2.05) is 36.4 Å². The van der Waals surface area contributed by atoms with E-state index in [2.05, 4.69) is 185 Å². The van der Waals surface area contributed by atoms with Crippen molar-refractivity contribution in [3.63, 3.8) is 0 Å². The third-order valence-electron chi connectivity index (χ3n) is 13.0. The molecule has 3 heterocycles. The Morgan fingerprint density at radius 2 is 0.844 bits per heavy atom. The van der Waals surface area contributed by atoms with Gasteiger partial charge in [-0.05, 0) is 94.8 Å².